The minimum atomic E-state index is -1.57. The summed E-state index contributed by atoms with van der Waals surface area (Å²) in [6.45, 7) is 4.61. The molecule has 0 aliphatic rings. The van der Waals surface area contributed by atoms with Crippen LogP contribution in [-0.4, -0.2) is 8.07 Å². The summed E-state index contributed by atoms with van der Waals surface area (Å²) < 4.78 is 5.51. The van der Waals surface area contributed by atoms with Crippen molar-refractivity contribution in [3.8, 4) is 0 Å². The molecule has 1 heterocycles. The van der Waals surface area contributed by atoms with Crippen molar-refractivity contribution >= 4 is 18.6 Å². The molecule has 0 N–H and O–H groups in total. The maximum absolute atomic E-state index is 5.51. The molecule has 1 aromatic heterocycles. The van der Waals surface area contributed by atoms with Gasteiger partial charge in [-0.25, -0.2) is 0 Å². The van der Waals surface area contributed by atoms with Crippen molar-refractivity contribution in [2.45, 2.75) is 13.1 Å². The van der Waals surface area contributed by atoms with E-state index in [4.69, 9.17) is 4.42 Å². The third-order valence-corrected chi connectivity index (χ3v) is 5.93. The molecule has 0 saturated heterocycles. The minimum Gasteiger partial charge on any atom is -0.474 e. The van der Waals surface area contributed by atoms with Gasteiger partial charge in [0, 0.05) is 0 Å². The fourth-order valence-electron chi connectivity index (χ4n) is 1.63. The molecule has 0 fully saturated rings. The molecule has 14 heavy (non-hydrogen) atoms. The van der Waals surface area contributed by atoms with Gasteiger partial charge in [0.25, 0.3) is 0 Å². The Morgan fingerprint density at radius 2 is 1.64 bits per heavy atom. The van der Waals surface area contributed by atoms with Gasteiger partial charge < -0.3 is 4.42 Å². The molecule has 2 aromatic rings. The highest BCUT2D eigenvalue weighted by molar-refractivity contribution is 6.99. The second kappa shape index (κ2) is 3.46. The van der Waals surface area contributed by atoms with Crippen molar-refractivity contribution in [1.29, 1.82) is 0 Å². The van der Waals surface area contributed by atoms with Gasteiger partial charge in [0.1, 0.15) is 0 Å². The monoisotopic (exact) mass is 202 g/mol. The summed E-state index contributed by atoms with van der Waals surface area (Å²) in [5.41, 5.74) is 0. The highest BCUT2D eigenvalue weighted by atomic mass is 28.3. The molecule has 0 radical (unpaired) electrons. The Labute approximate surface area is 85.4 Å². The summed E-state index contributed by atoms with van der Waals surface area (Å²) in [5, 5.41) is 2.55. The molecular formula is C12H14OSi. The smallest absolute Gasteiger partial charge is 0.156 e. The molecule has 72 valence electrons. The molecule has 2 rings (SSSR count). The second-order valence-corrected chi connectivity index (χ2v) is 8.29. The van der Waals surface area contributed by atoms with Crippen LogP contribution in [0.4, 0.5) is 0 Å². The van der Waals surface area contributed by atoms with Crippen molar-refractivity contribution < 1.29 is 4.42 Å². The normalized spacial score (nSPS) is 11.6. The van der Waals surface area contributed by atoms with Gasteiger partial charge >= 0.3 is 0 Å². The van der Waals surface area contributed by atoms with E-state index in [1.807, 2.05) is 6.07 Å². The van der Waals surface area contributed by atoms with Crippen molar-refractivity contribution in [2.75, 3.05) is 0 Å². The van der Waals surface area contributed by atoms with E-state index in [0.717, 1.165) is 5.38 Å². The standard InChI is InChI=1S/C12H14OSi/c1-14(2,12-9-6-10-13-12)11-7-4-3-5-8-11/h3-10H,1-2H3. The zero-order valence-corrected chi connectivity index (χ0v) is 9.53. The summed E-state index contributed by atoms with van der Waals surface area (Å²) in [7, 11) is -1.57. The van der Waals surface area contributed by atoms with Gasteiger partial charge in [-0.2, -0.15) is 0 Å². The average Bonchev–Trinajstić information content (AvgIpc) is 2.72. The van der Waals surface area contributed by atoms with Crippen molar-refractivity contribution in [2.24, 2.45) is 0 Å². The van der Waals surface area contributed by atoms with E-state index >= 15 is 0 Å². The van der Waals surface area contributed by atoms with Crippen molar-refractivity contribution in [3.63, 3.8) is 0 Å². The van der Waals surface area contributed by atoms with E-state index in [2.05, 4.69) is 49.5 Å². The fraction of sp³-hybridized carbons (Fsp3) is 0.167. The topological polar surface area (TPSA) is 13.1 Å². The van der Waals surface area contributed by atoms with E-state index < -0.39 is 8.07 Å². The van der Waals surface area contributed by atoms with Gasteiger partial charge in [0.15, 0.2) is 8.07 Å². The molecule has 0 unspecified atom stereocenters. The van der Waals surface area contributed by atoms with Crippen LogP contribution in [0.3, 0.4) is 0 Å². The Hall–Kier alpha value is -1.28. The molecular weight excluding hydrogens is 188 g/mol. The molecule has 0 amide bonds. The van der Waals surface area contributed by atoms with E-state index in [1.165, 1.54) is 5.19 Å². The van der Waals surface area contributed by atoms with Crippen LogP contribution in [0, 0.1) is 0 Å². The predicted octanol–water partition coefficient (Wildman–Crippen LogP) is 2.10. The first kappa shape index (κ1) is 9.28. The Bertz CT molecular complexity index is 390. The first-order valence-electron chi connectivity index (χ1n) is 4.81. The first-order chi connectivity index (χ1) is 6.71. The van der Waals surface area contributed by atoms with Gasteiger partial charge in [-0.15, -0.1) is 0 Å². The first-order valence-corrected chi connectivity index (χ1v) is 7.81. The number of rotatable bonds is 2. The fourth-order valence-corrected chi connectivity index (χ4v) is 3.82. The SMILES string of the molecule is C[Si](C)(c1ccccc1)c1ccco1. The van der Waals surface area contributed by atoms with Crippen LogP contribution in [-0.2, 0) is 0 Å². The van der Waals surface area contributed by atoms with Gasteiger partial charge in [-0.1, -0.05) is 48.6 Å². The van der Waals surface area contributed by atoms with Crippen molar-refractivity contribution in [1.82, 2.24) is 0 Å². The third-order valence-electron chi connectivity index (χ3n) is 2.63. The lowest BCUT2D eigenvalue weighted by Gasteiger charge is -2.19. The predicted molar refractivity (Wildman–Crippen MR) is 61.9 cm³/mol. The lowest BCUT2D eigenvalue weighted by atomic mass is 10.4. The van der Waals surface area contributed by atoms with Crippen molar-refractivity contribution in [3.05, 3.63) is 48.7 Å². The zero-order chi connectivity index (χ0) is 10.0. The molecule has 0 atom stereocenters. The maximum Gasteiger partial charge on any atom is 0.156 e. The maximum atomic E-state index is 5.51. The second-order valence-electron chi connectivity index (χ2n) is 3.97. The van der Waals surface area contributed by atoms with Gasteiger partial charge in [0.05, 0.1) is 11.6 Å². The highest BCUT2D eigenvalue weighted by Crippen LogP contribution is 2.04. The van der Waals surface area contributed by atoms with Gasteiger partial charge in [-0.05, 0) is 12.1 Å². The number of furan rings is 1. The Morgan fingerprint density at radius 3 is 2.21 bits per heavy atom. The van der Waals surface area contributed by atoms with E-state index in [1.54, 1.807) is 6.26 Å². The van der Waals surface area contributed by atoms with Crippen LogP contribution < -0.4 is 10.6 Å². The van der Waals surface area contributed by atoms with Crippen LogP contribution in [0.1, 0.15) is 0 Å². The quantitative estimate of drug-likeness (QED) is 0.680. The summed E-state index contributed by atoms with van der Waals surface area (Å²) in [6, 6.07) is 14.7. The Kier molecular flexibility index (Phi) is 2.29. The van der Waals surface area contributed by atoms with Crippen LogP contribution in [0.15, 0.2) is 53.1 Å². The minimum absolute atomic E-state index is 1.14. The molecule has 0 spiro atoms. The van der Waals surface area contributed by atoms with Crippen LogP contribution in [0.2, 0.25) is 13.1 Å². The van der Waals surface area contributed by atoms with Gasteiger partial charge in [0.2, 0.25) is 0 Å². The highest BCUT2D eigenvalue weighted by Gasteiger charge is 2.28. The van der Waals surface area contributed by atoms with E-state index in [-0.39, 0.29) is 0 Å². The zero-order valence-electron chi connectivity index (χ0n) is 8.53. The largest absolute Gasteiger partial charge is 0.474 e. The summed E-state index contributed by atoms with van der Waals surface area (Å²) in [5.74, 6) is 0. The lowest BCUT2D eigenvalue weighted by Crippen LogP contribution is -2.52. The third kappa shape index (κ3) is 1.53. The number of benzene rings is 1. The van der Waals surface area contributed by atoms with E-state index in [0.29, 0.717) is 0 Å². The molecule has 2 heteroatoms. The molecule has 0 saturated carbocycles. The number of hydrogen-bond donors (Lipinski definition) is 0. The van der Waals surface area contributed by atoms with Gasteiger partial charge in [-0.3, -0.25) is 0 Å². The average molecular weight is 202 g/mol. The molecule has 0 bridgehead atoms. The Morgan fingerprint density at radius 1 is 0.929 bits per heavy atom. The van der Waals surface area contributed by atoms with E-state index in [9.17, 15) is 0 Å². The molecule has 0 aliphatic carbocycles. The summed E-state index contributed by atoms with van der Waals surface area (Å²) in [4.78, 5) is 0. The van der Waals surface area contributed by atoms with Crippen LogP contribution in [0.25, 0.3) is 0 Å². The van der Waals surface area contributed by atoms with Crippen LogP contribution >= 0.6 is 0 Å². The Balaban J connectivity index is 2.43. The van der Waals surface area contributed by atoms with Crippen LogP contribution in [0.5, 0.6) is 0 Å². The summed E-state index contributed by atoms with van der Waals surface area (Å²) >= 11 is 0. The molecule has 0 aliphatic heterocycles. The molecule has 1 nitrogen and oxygen atoms in total. The number of hydrogen-bond acceptors (Lipinski definition) is 1. The summed E-state index contributed by atoms with van der Waals surface area (Å²) in [6.07, 6.45) is 1.76. The lowest BCUT2D eigenvalue weighted by molar-refractivity contribution is 0.598. The molecule has 1 aromatic carbocycles.